The molecule has 0 aromatic rings. The molecule has 0 radical (unpaired) electrons. The number of Topliss-reactive ketones (excluding diaryl/α,β-unsaturated/α-hetero) is 1. The molecule has 6 nitrogen and oxygen atoms in total. The molecule has 3 fully saturated rings. The SMILES string of the molecule is C=C[C@@]1(C)CC(=O)[C@@]2(O)[C@@H](C[C@@H](OC(C)=O)[C@H]3C(C)(C)CC[C@H](O)[C@@]32C)O1. The van der Waals surface area contributed by atoms with Crippen LogP contribution >= 0.6 is 0 Å². The maximum Gasteiger partial charge on any atom is 0.302 e. The molecule has 1 heterocycles. The highest BCUT2D eigenvalue weighted by molar-refractivity contribution is 5.91. The minimum Gasteiger partial charge on any atom is -0.462 e. The van der Waals surface area contributed by atoms with Crippen LogP contribution < -0.4 is 0 Å². The lowest BCUT2D eigenvalue weighted by Gasteiger charge is -2.66. The number of fused-ring (bicyclic) bond motifs is 3. The predicted octanol–water partition coefficient (Wildman–Crippen LogP) is 2.16. The Morgan fingerprint density at radius 2 is 1.96 bits per heavy atom. The van der Waals surface area contributed by atoms with Gasteiger partial charge in [0.15, 0.2) is 11.4 Å². The van der Waals surface area contributed by atoms with Gasteiger partial charge in [-0.1, -0.05) is 26.8 Å². The van der Waals surface area contributed by atoms with E-state index in [1.54, 1.807) is 19.9 Å². The Hall–Kier alpha value is -1.24. The Bertz CT molecular complexity index is 672. The van der Waals surface area contributed by atoms with Gasteiger partial charge in [0, 0.05) is 31.1 Å². The summed E-state index contributed by atoms with van der Waals surface area (Å²) >= 11 is 0. The summed E-state index contributed by atoms with van der Waals surface area (Å²) in [6.07, 6.45) is 0.626. The van der Waals surface area contributed by atoms with Crippen molar-refractivity contribution in [2.75, 3.05) is 0 Å². The maximum absolute atomic E-state index is 13.3. The van der Waals surface area contributed by atoms with Crippen molar-refractivity contribution in [2.24, 2.45) is 16.7 Å². The van der Waals surface area contributed by atoms with Crippen LogP contribution in [0.1, 0.15) is 60.3 Å². The van der Waals surface area contributed by atoms with Crippen LogP contribution in [0.15, 0.2) is 12.7 Å². The molecule has 3 aliphatic rings. The molecule has 0 amide bonds. The van der Waals surface area contributed by atoms with Crippen molar-refractivity contribution in [3.05, 3.63) is 12.7 Å². The van der Waals surface area contributed by atoms with Crippen molar-refractivity contribution in [3.63, 3.8) is 0 Å². The normalized spacial score (nSPS) is 48.9. The average molecular weight is 380 g/mol. The van der Waals surface area contributed by atoms with Crippen molar-refractivity contribution in [2.45, 2.75) is 89.8 Å². The molecular weight excluding hydrogens is 348 g/mol. The minimum atomic E-state index is -1.84. The first-order valence-corrected chi connectivity index (χ1v) is 9.74. The largest absolute Gasteiger partial charge is 0.462 e. The number of esters is 1. The quantitative estimate of drug-likeness (QED) is 0.563. The number of ether oxygens (including phenoxy) is 2. The van der Waals surface area contributed by atoms with Crippen LogP contribution in [0.2, 0.25) is 0 Å². The summed E-state index contributed by atoms with van der Waals surface area (Å²) in [7, 11) is 0. The molecule has 1 aliphatic heterocycles. The van der Waals surface area contributed by atoms with E-state index in [2.05, 4.69) is 6.58 Å². The molecular formula is C21H32O6. The molecule has 27 heavy (non-hydrogen) atoms. The summed E-state index contributed by atoms with van der Waals surface area (Å²) in [5, 5.41) is 22.8. The third kappa shape index (κ3) is 2.71. The molecule has 6 heteroatoms. The number of carbonyl (C=O) groups is 2. The monoisotopic (exact) mass is 380 g/mol. The van der Waals surface area contributed by atoms with Gasteiger partial charge in [-0.15, -0.1) is 6.58 Å². The highest BCUT2D eigenvalue weighted by Gasteiger charge is 2.74. The second kappa shape index (κ2) is 6.13. The minimum absolute atomic E-state index is 0.00279. The highest BCUT2D eigenvalue weighted by Crippen LogP contribution is 2.64. The molecule has 7 atom stereocenters. The molecule has 0 spiro atoms. The third-order valence-electron chi connectivity index (χ3n) is 7.44. The van der Waals surface area contributed by atoms with E-state index in [1.165, 1.54) is 6.92 Å². The number of hydrogen-bond donors (Lipinski definition) is 2. The number of rotatable bonds is 2. The third-order valence-corrected chi connectivity index (χ3v) is 7.44. The van der Waals surface area contributed by atoms with Gasteiger partial charge in [0.1, 0.15) is 6.10 Å². The van der Waals surface area contributed by atoms with Crippen molar-refractivity contribution in [1.29, 1.82) is 0 Å². The summed E-state index contributed by atoms with van der Waals surface area (Å²) in [4.78, 5) is 25.1. The van der Waals surface area contributed by atoms with Crippen LogP contribution in [0.5, 0.6) is 0 Å². The fourth-order valence-electron chi connectivity index (χ4n) is 6.11. The van der Waals surface area contributed by atoms with Crippen molar-refractivity contribution in [1.82, 2.24) is 0 Å². The number of aliphatic hydroxyl groups is 2. The zero-order valence-corrected chi connectivity index (χ0v) is 16.9. The summed E-state index contributed by atoms with van der Waals surface area (Å²) in [6, 6.07) is 0. The predicted molar refractivity (Wildman–Crippen MR) is 98.8 cm³/mol. The van der Waals surface area contributed by atoms with E-state index in [4.69, 9.17) is 9.47 Å². The van der Waals surface area contributed by atoms with Gasteiger partial charge in [-0.3, -0.25) is 9.59 Å². The van der Waals surface area contributed by atoms with Gasteiger partial charge >= 0.3 is 5.97 Å². The topological polar surface area (TPSA) is 93.1 Å². The van der Waals surface area contributed by atoms with E-state index in [-0.39, 0.29) is 30.0 Å². The van der Waals surface area contributed by atoms with Crippen LogP contribution in [0.3, 0.4) is 0 Å². The van der Waals surface area contributed by atoms with Gasteiger partial charge in [-0.05, 0) is 25.2 Å². The van der Waals surface area contributed by atoms with Crippen molar-refractivity contribution < 1.29 is 29.3 Å². The van der Waals surface area contributed by atoms with E-state index in [0.717, 1.165) is 0 Å². The number of hydrogen-bond acceptors (Lipinski definition) is 6. The zero-order valence-electron chi connectivity index (χ0n) is 16.9. The first kappa shape index (κ1) is 20.5. The molecule has 0 unspecified atom stereocenters. The molecule has 2 aliphatic carbocycles. The Balaban J connectivity index is 2.17. The van der Waals surface area contributed by atoms with Crippen LogP contribution in [-0.4, -0.2) is 51.5 Å². The molecule has 2 N–H and O–H groups in total. The van der Waals surface area contributed by atoms with Gasteiger partial charge in [-0.25, -0.2) is 0 Å². The summed E-state index contributed by atoms with van der Waals surface area (Å²) < 4.78 is 11.8. The van der Waals surface area contributed by atoms with Crippen molar-refractivity contribution >= 4 is 11.8 Å². The Labute approximate surface area is 160 Å². The first-order valence-electron chi connectivity index (χ1n) is 9.74. The van der Waals surface area contributed by atoms with Gasteiger partial charge in [0.05, 0.1) is 17.8 Å². The zero-order chi connectivity index (χ0) is 20.4. The second-order valence-corrected chi connectivity index (χ2v) is 9.68. The van der Waals surface area contributed by atoms with Crippen LogP contribution in [0, 0.1) is 16.7 Å². The van der Waals surface area contributed by atoms with Crippen LogP contribution in [0.4, 0.5) is 0 Å². The van der Waals surface area contributed by atoms with E-state index >= 15 is 0 Å². The summed E-state index contributed by atoms with van der Waals surface area (Å²) in [6.45, 7) is 12.7. The smallest absolute Gasteiger partial charge is 0.302 e. The van der Waals surface area contributed by atoms with Crippen LogP contribution in [0.25, 0.3) is 0 Å². The highest BCUT2D eigenvalue weighted by atomic mass is 16.6. The lowest BCUT2D eigenvalue weighted by molar-refractivity contribution is -0.309. The number of carbonyl (C=O) groups excluding carboxylic acids is 2. The lowest BCUT2D eigenvalue weighted by atomic mass is 9.43. The fourth-order valence-corrected chi connectivity index (χ4v) is 6.11. The Kier molecular flexibility index (Phi) is 4.65. The Morgan fingerprint density at radius 3 is 2.52 bits per heavy atom. The summed E-state index contributed by atoms with van der Waals surface area (Å²) in [5.41, 5.74) is -4.24. The molecule has 152 valence electrons. The van der Waals surface area contributed by atoms with E-state index < -0.39 is 40.9 Å². The first-order chi connectivity index (χ1) is 12.3. The fraction of sp³-hybridized carbons (Fsp3) is 0.810. The second-order valence-electron chi connectivity index (χ2n) is 9.68. The van der Waals surface area contributed by atoms with Crippen molar-refractivity contribution in [3.8, 4) is 0 Å². The van der Waals surface area contributed by atoms with Gasteiger partial charge in [-0.2, -0.15) is 0 Å². The van der Waals surface area contributed by atoms with Gasteiger partial charge in [0.2, 0.25) is 0 Å². The lowest BCUT2D eigenvalue weighted by Crippen LogP contribution is -2.78. The van der Waals surface area contributed by atoms with E-state index in [0.29, 0.717) is 12.8 Å². The number of ketones is 1. The summed E-state index contributed by atoms with van der Waals surface area (Å²) in [5.74, 6) is -1.14. The van der Waals surface area contributed by atoms with Gasteiger partial charge < -0.3 is 19.7 Å². The average Bonchev–Trinajstić information content (AvgIpc) is 2.54. The Morgan fingerprint density at radius 1 is 1.33 bits per heavy atom. The maximum atomic E-state index is 13.3. The molecule has 0 aromatic carbocycles. The molecule has 0 bridgehead atoms. The van der Waals surface area contributed by atoms with E-state index in [1.807, 2.05) is 13.8 Å². The van der Waals surface area contributed by atoms with Crippen LogP contribution in [-0.2, 0) is 19.1 Å². The molecule has 1 saturated heterocycles. The molecule has 3 rings (SSSR count). The van der Waals surface area contributed by atoms with Gasteiger partial charge in [0.25, 0.3) is 0 Å². The molecule has 2 saturated carbocycles. The standard InChI is InChI=1S/C21H32O6/c1-7-19(5)11-15(24)21(25)16(27-19)10-13(26-12(2)22)17-18(3,4)9-8-14(23)20(17,21)6/h7,13-14,16-17,23,25H,1,8-11H2,2-6H3/t13-,14+,16-,17+,19+,20+,21-/m1/s1. The molecule has 0 aromatic heterocycles. The number of aliphatic hydroxyl groups excluding tert-OH is 1. The van der Waals surface area contributed by atoms with E-state index in [9.17, 15) is 19.8 Å².